The summed E-state index contributed by atoms with van der Waals surface area (Å²) in [4.78, 5) is 9.52. The first-order valence-corrected chi connectivity index (χ1v) is 4.34. The average Bonchev–Trinajstić information content (AvgIpc) is 2.29. The van der Waals surface area contributed by atoms with Crippen molar-refractivity contribution in [1.29, 1.82) is 0 Å². The van der Waals surface area contributed by atoms with E-state index in [-0.39, 0.29) is 24.7 Å². The van der Waals surface area contributed by atoms with Crippen molar-refractivity contribution in [2.75, 3.05) is 13.2 Å². The van der Waals surface area contributed by atoms with E-state index >= 15 is 0 Å². The predicted octanol–water partition coefficient (Wildman–Crippen LogP) is -0.368. The van der Waals surface area contributed by atoms with Crippen LogP contribution >= 0.6 is 0 Å². The van der Waals surface area contributed by atoms with Gasteiger partial charge in [0.15, 0.2) is 0 Å². The highest BCUT2D eigenvalue weighted by atomic mass is 16.6. The van der Waals surface area contributed by atoms with Crippen LogP contribution in [0.3, 0.4) is 0 Å². The van der Waals surface area contributed by atoms with Crippen molar-refractivity contribution in [2.45, 2.75) is 6.10 Å². The van der Waals surface area contributed by atoms with Crippen molar-refractivity contribution in [2.24, 2.45) is 0 Å². The van der Waals surface area contributed by atoms with Crippen LogP contribution in [0.4, 0.5) is 5.69 Å². The number of aromatic hydroxyl groups is 1. The highest BCUT2D eigenvalue weighted by Gasteiger charge is 2.01. The summed E-state index contributed by atoms with van der Waals surface area (Å²) < 4.78 is 0. The maximum atomic E-state index is 10.0. The summed E-state index contributed by atoms with van der Waals surface area (Å²) in [5, 5.41) is 42.8. The first kappa shape index (κ1) is 14.3. The van der Waals surface area contributed by atoms with Gasteiger partial charge in [-0.3, -0.25) is 10.1 Å². The molecule has 0 aliphatic rings. The molecule has 1 aromatic carbocycles. The van der Waals surface area contributed by atoms with Crippen molar-refractivity contribution in [3.05, 3.63) is 34.4 Å². The standard InChI is InChI=1S/C6H5NO3.C3H8O3/c8-6-3-1-5(2-4-6)7(9)10;4-1-3(6)2-5/h1-4,8H;3-6H,1-2H2. The quantitative estimate of drug-likeness (QED) is 0.415. The van der Waals surface area contributed by atoms with Gasteiger partial charge in [0.1, 0.15) is 11.9 Å². The van der Waals surface area contributed by atoms with Crippen molar-refractivity contribution in [3.63, 3.8) is 0 Å². The van der Waals surface area contributed by atoms with Crippen molar-refractivity contribution in [1.82, 2.24) is 0 Å². The van der Waals surface area contributed by atoms with Crippen LogP contribution in [-0.4, -0.2) is 44.7 Å². The molecule has 0 amide bonds. The van der Waals surface area contributed by atoms with Crippen LogP contribution in [0.5, 0.6) is 5.75 Å². The number of rotatable bonds is 3. The van der Waals surface area contributed by atoms with E-state index in [0.29, 0.717) is 0 Å². The minimum atomic E-state index is -0.954. The lowest BCUT2D eigenvalue weighted by Crippen LogP contribution is -2.15. The SMILES string of the molecule is O=[N+]([O-])c1ccc(O)cc1.OCC(O)CO. The van der Waals surface area contributed by atoms with E-state index < -0.39 is 11.0 Å². The van der Waals surface area contributed by atoms with Gasteiger partial charge >= 0.3 is 0 Å². The molecule has 0 saturated heterocycles. The van der Waals surface area contributed by atoms with Crippen molar-refractivity contribution >= 4 is 5.69 Å². The van der Waals surface area contributed by atoms with Gasteiger partial charge in [-0.25, -0.2) is 0 Å². The van der Waals surface area contributed by atoms with Crippen LogP contribution in [0.25, 0.3) is 0 Å². The van der Waals surface area contributed by atoms with Gasteiger partial charge in [0.2, 0.25) is 0 Å². The second-order valence-corrected chi connectivity index (χ2v) is 2.79. The fourth-order valence-electron chi connectivity index (χ4n) is 0.632. The first-order chi connectivity index (χ1) is 7.51. The molecule has 0 fully saturated rings. The number of aliphatic hydroxyl groups excluding tert-OH is 3. The molecule has 0 saturated carbocycles. The third-order valence-electron chi connectivity index (χ3n) is 1.48. The van der Waals surface area contributed by atoms with Gasteiger partial charge < -0.3 is 20.4 Å². The zero-order chi connectivity index (χ0) is 12.6. The molecular formula is C9H13NO6. The molecule has 0 aromatic heterocycles. The molecule has 4 N–H and O–H groups in total. The minimum absolute atomic E-state index is 0.0159. The molecule has 0 radical (unpaired) electrons. The van der Waals surface area contributed by atoms with E-state index in [1.165, 1.54) is 24.3 Å². The number of non-ortho nitro benzene ring substituents is 1. The Bertz CT molecular complexity index is 308. The Morgan fingerprint density at radius 2 is 1.62 bits per heavy atom. The molecule has 0 unspecified atom stereocenters. The van der Waals surface area contributed by atoms with Gasteiger partial charge in [0.25, 0.3) is 5.69 Å². The Morgan fingerprint density at radius 1 is 1.19 bits per heavy atom. The van der Waals surface area contributed by atoms with Gasteiger partial charge in [-0.15, -0.1) is 0 Å². The first-order valence-electron chi connectivity index (χ1n) is 4.34. The van der Waals surface area contributed by atoms with Crippen LogP contribution in [0.15, 0.2) is 24.3 Å². The molecule has 1 rings (SSSR count). The number of hydrogen-bond acceptors (Lipinski definition) is 6. The number of nitro groups is 1. The Hall–Kier alpha value is -1.70. The van der Waals surface area contributed by atoms with E-state index in [9.17, 15) is 10.1 Å². The molecular weight excluding hydrogens is 218 g/mol. The van der Waals surface area contributed by atoms with Crippen LogP contribution in [0.2, 0.25) is 0 Å². The number of phenolic OH excluding ortho intramolecular Hbond substituents is 1. The number of benzene rings is 1. The number of aliphatic hydroxyl groups is 3. The zero-order valence-corrected chi connectivity index (χ0v) is 8.35. The average molecular weight is 231 g/mol. The summed E-state index contributed by atoms with van der Waals surface area (Å²) >= 11 is 0. The Morgan fingerprint density at radius 3 is 1.88 bits per heavy atom. The number of phenols is 1. The van der Waals surface area contributed by atoms with E-state index in [0.717, 1.165) is 0 Å². The second kappa shape index (κ2) is 7.57. The molecule has 0 heterocycles. The summed E-state index contributed by atoms with van der Waals surface area (Å²) in [6.45, 7) is -0.729. The van der Waals surface area contributed by atoms with E-state index in [1.807, 2.05) is 0 Å². The second-order valence-electron chi connectivity index (χ2n) is 2.79. The van der Waals surface area contributed by atoms with E-state index in [4.69, 9.17) is 20.4 Å². The summed E-state index contributed by atoms with van der Waals surface area (Å²) in [7, 11) is 0. The maximum Gasteiger partial charge on any atom is 0.269 e. The van der Waals surface area contributed by atoms with Crippen LogP contribution in [-0.2, 0) is 0 Å². The van der Waals surface area contributed by atoms with Gasteiger partial charge in [-0.05, 0) is 12.1 Å². The third kappa shape index (κ3) is 5.91. The smallest absolute Gasteiger partial charge is 0.269 e. The van der Waals surface area contributed by atoms with Crippen molar-refractivity contribution in [3.8, 4) is 5.75 Å². The molecule has 0 bridgehead atoms. The Kier molecular flexibility index (Phi) is 6.77. The molecule has 0 aliphatic heterocycles. The predicted molar refractivity (Wildman–Crippen MR) is 54.9 cm³/mol. The van der Waals surface area contributed by atoms with Crippen molar-refractivity contribution < 1.29 is 25.3 Å². The summed E-state index contributed by atoms with van der Waals surface area (Å²) in [5.41, 5.74) is -0.0159. The number of nitrogens with zero attached hydrogens (tertiary/aromatic N) is 1. The minimum Gasteiger partial charge on any atom is -0.508 e. The molecule has 7 nitrogen and oxygen atoms in total. The molecule has 16 heavy (non-hydrogen) atoms. The third-order valence-corrected chi connectivity index (χ3v) is 1.48. The van der Waals surface area contributed by atoms with Gasteiger partial charge in [0.05, 0.1) is 18.1 Å². The highest BCUT2D eigenvalue weighted by Crippen LogP contribution is 2.14. The summed E-state index contributed by atoms with van der Waals surface area (Å²) in [6.07, 6.45) is -0.954. The topological polar surface area (TPSA) is 124 Å². The molecule has 90 valence electrons. The van der Waals surface area contributed by atoms with E-state index in [2.05, 4.69) is 0 Å². The summed E-state index contributed by atoms with van der Waals surface area (Å²) in [6, 6.07) is 5.04. The molecule has 1 aromatic rings. The fraction of sp³-hybridized carbons (Fsp3) is 0.333. The van der Waals surface area contributed by atoms with Crippen LogP contribution in [0, 0.1) is 10.1 Å². The Labute approximate surface area is 91.4 Å². The Balaban J connectivity index is 0.000000325. The molecule has 0 atom stereocenters. The lowest BCUT2D eigenvalue weighted by Gasteiger charge is -1.96. The van der Waals surface area contributed by atoms with Crippen LogP contribution < -0.4 is 0 Å². The molecule has 7 heteroatoms. The van der Waals surface area contributed by atoms with Crippen LogP contribution in [0.1, 0.15) is 0 Å². The van der Waals surface area contributed by atoms with Gasteiger partial charge in [-0.1, -0.05) is 0 Å². The van der Waals surface area contributed by atoms with Gasteiger partial charge in [0, 0.05) is 12.1 Å². The largest absolute Gasteiger partial charge is 0.508 e. The number of nitro benzene ring substituents is 1. The number of hydrogen-bond donors (Lipinski definition) is 4. The molecule has 0 aliphatic carbocycles. The normalized spacial score (nSPS) is 9.50. The lowest BCUT2D eigenvalue weighted by molar-refractivity contribution is -0.384. The monoisotopic (exact) mass is 231 g/mol. The summed E-state index contributed by atoms with van der Waals surface area (Å²) in [5.74, 6) is 0.0330. The maximum absolute atomic E-state index is 10.0. The molecule has 0 spiro atoms. The fourth-order valence-corrected chi connectivity index (χ4v) is 0.632. The lowest BCUT2D eigenvalue weighted by atomic mass is 10.3. The highest BCUT2D eigenvalue weighted by molar-refractivity contribution is 5.34. The zero-order valence-electron chi connectivity index (χ0n) is 8.35. The van der Waals surface area contributed by atoms with E-state index in [1.54, 1.807) is 0 Å². The van der Waals surface area contributed by atoms with Gasteiger partial charge in [-0.2, -0.15) is 0 Å².